The summed E-state index contributed by atoms with van der Waals surface area (Å²) in [6, 6.07) is 8.49. The summed E-state index contributed by atoms with van der Waals surface area (Å²) in [5, 5.41) is 0. The molecule has 0 unspecified atom stereocenters. The van der Waals surface area contributed by atoms with Crippen molar-refractivity contribution >= 4 is 6.08 Å². The lowest BCUT2D eigenvalue weighted by molar-refractivity contribution is 0.969. The van der Waals surface area contributed by atoms with Crippen LogP contribution in [0.2, 0.25) is 0 Å². The van der Waals surface area contributed by atoms with Crippen molar-refractivity contribution < 1.29 is 0 Å². The zero-order valence-electron chi connectivity index (χ0n) is 7.46. The SMILES string of the molecule is CC=Cc1ccc(CCN)cc1. The maximum atomic E-state index is 5.44. The Bertz CT molecular complexity index is 246. The van der Waals surface area contributed by atoms with Gasteiger partial charge in [-0.3, -0.25) is 0 Å². The van der Waals surface area contributed by atoms with Gasteiger partial charge in [0.15, 0.2) is 0 Å². The third-order valence-electron chi connectivity index (χ3n) is 1.77. The fourth-order valence-electron chi connectivity index (χ4n) is 1.15. The highest BCUT2D eigenvalue weighted by molar-refractivity contribution is 5.49. The molecule has 0 aromatic heterocycles. The number of nitrogens with two attached hydrogens (primary N) is 1. The fourth-order valence-corrected chi connectivity index (χ4v) is 1.15. The number of benzene rings is 1. The molecule has 64 valence electrons. The van der Waals surface area contributed by atoms with Crippen molar-refractivity contribution in [3.8, 4) is 0 Å². The first-order valence-electron chi connectivity index (χ1n) is 4.28. The van der Waals surface area contributed by atoms with E-state index in [9.17, 15) is 0 Å². The van der Waals surface area contributed by atoms with Crippen molar-refractivity contribution in [3.63, 3.8) is 0 Å². The Morgan fingerprint density at radius 2 is 1.92 bits per heavy atom. The van der Waals surface area contributed by atoms with Gasteiger partial charge in [0.1, 0.15) is 0 Å². The quantitative estimate of drug-likeness (QED) is 0.722. The van der Waals surface area contributed by atoms with Crippen LogP contribution in [0.15, 0.2) is 30.3 Å². The minimum atomic E-state index is 0.725. The molecule has 12 heavy (non-hydrogen) atoms. The Labute approximate surface area is 73.9 Å². The highest BCUT2D eigenvalue weighted by Gasteiger charge is 1.89. The number of hydrogen-bond donors (Lipinski definition) is 1. The summed E-state index contributed by atoms with van der Waals surface area (Å²) in [5.41, 5.74) is 8.00. The van der Waals surface area contributed by atoms with E-state index in [1.54, 1.807) is 0 Å². The molecule has 0 aliphatic rings. The van der Waals surface area contributed by atoms with Crippen molar-refractivity contribution in [1.29, 1.82) is 0 Å². The molecule has 0 saturated heterocycles. The molecule has 0 spiro atoms. The Morgan fingerprint density at radius 3 is 2.42 bits per heavy atom. The molecule has 0 radical (unpaired) electrons. The van der Waals surface area contributed by atoms with Crippen LogP contribution in [0, 0.1) is 0 Å². The summed E-state index contributed by atoms with van der Waals surface area (Å²) < 4.78 is 0. The van der Waals surface area contributed by atoms with E-state index in [4.69, 9.17) is 5.73 Å². The lowest BCUT2D eigenvalue weighted by Crippen LogP contribution is -2.02. The zero-order valence-corrected chi connectivity index (χ0v) is 7.46. The third kappa shape index (κ3) is 2.51. The van der Waals surface area contributed by atoms with Gasteiger partial charge < -0.3 is 5.73 Å². The normalized spacial score (nSPS) is 10.8. The van der Waals surface area contributed by atoms with Gasteiger partial charge >= 0.3 is 0 Å². The third-order valence-corrected chi connectivity index (χ3v) is 1.77. The Kier molecular flexibility index (Phi) is 3.55. The monoisotopic (exact) mass is 161 g/mol. The van der Waals surface area contributed by atoms with Gasteiger partial charge in [-0.2, -0.15) is 0 Å². The van der Waals surface area contributed by atoms with Crippen LogP contribution in [0.3, 0.4) is 0 Å². The van der Waals surface area contributed by atoms with E-state index in [2.05, 4.69) is 30.3 Å². The second kappa shape index (κ2) is 4.73. The largest absolute Gasteiger partial charge is 0.330 e. The standard InChI is InChI=1S/C11H15N/c1-2-3-10-4-6-11(7-5-10)8-9-12/h2-7H,8-9,12H2,1H3. The van der Waals surface area contributed by atoms with Crippen LogP contribution in [-0.4, -0.2) is 6.54 Å². The molecule has 1 aromatic carbocycles. The summed E-state index contributed by atoms with van der Waals surface area (Å²) in [4.78, 5) is 0. The summed E-state index contributed by atoms with van der Waals surface area (Å²) >= 11 is 0. The summed E-state index contributed by atoms with van der Waals surface area (Å²) in [6.45, 7) is 2.75. The van der Waals surface area contributed by atoms with Crippen molar-refractivity contribution in [1.82, 2.24) is 0 Å². The molecule has 1 aromatic rings. The summed E-state index contributed by atoms with van der Waals surface area (Å²) in [5.74, 6) is 0. The van der Waals surface area contributed by atoms with Gasteiger partial charge in [-0.15, -0.1) is 0 Å². The van der Waals surface area contributed by atoms with Gasteiger partial charge in [0, 0.05) is 0 Å². The smallest absolute Gasteiger partial charge is 0.00367 e. The Balaban J connectivity index is 2.71. The second-order valence-electron chi connectivity index (χ2n) is 2.78. The predicted molar refractivity (Wildman–Crippen MR) is 53.9 cm³/mol. The van der Waals surface area contributed by atoms with Crippen LogP contribution in [0.5, 0.6) is 0 Å². The van der Waals surface area contributed by atoms with Crippen LogP contribution < -0.4 is 5.73 Å². The maximum absolute atomic E-state index is 5.44. The van der Waals surface area contributed by atoms with E-state index < -0.39 is 0 Å². The van der Waals surface area contributed by atoms with Crippen molar-refractivity contribution in [2.75, 3.05) is 6.54 Å². The molecule has 0 aliphatic carbocycles. The second-order valence-corrected chi connectivity index (χ2v) is 2.78. The molecular weight excluding hydrogens is 146 g/mol. The van der Waals surface area contributed by atoms with Gasteiger partial charge in [-0.05, 0) is 31.0 Å². The van der Waals surface area contributed by atoms with Gasteiger partial charge in [0.05, 0.1) is 0 Å². The number of hydrogen-bond acceptors (Lipinski definition) is 1. The van der Waals surface area contributed by atoms with E-state index in [1.807, 2.05) is 13.0 Å². The fraction of sp³-hybridized carbons (Fsp3) is 0.273. The lowest BCUT2D eigenvalue weighted by atomic mass is 10.1. The van der Waals surface area contributed by atoms with Crippen molar-refractivity contribution in [3.05, 3.63) is 41.5 Å². The molecule has 0 heterocycles. The topological polar surface area (TPSA) is 26.0 Å². The molecule has 1 rings (SSSR count). The van der Waals surface area contributed by atoms with Gasteiger partial charge in [0.2, 0.25) is 0 Å². The predicted octanol–water partition coefficient (Wildman–Crippen LogP) is 2.22. The lowest BCUT2D eigenvalue weighted by Gasteiger charge is -1.98. The molecule has 0 amide bonds. The van der Waals surface area contributed by atoms with Gasteiger partial charge in [-0.1, -0.05) is 36.4 Å². The number of rotatable bonds is 3. The van der Waals surface area contributed by atoms with Gasteiger partial charge in [-0.25, -0.2) is 0 Å². The minimum Gasteiger partial charge on any atom is -0.330 e. The summed E-state index contributed by atoms with van der Waals surface area (Å²) in [7, 11) is 0. The Morgan fingerprint density at radius 1 is 1.25 bits per heavy atom. The Hall–Kier alpha value is -1.08. The van der Waals surface area contributed by atoms with E-state index in [0.717, 1.165) is 13.0 Å². The maximum Gasteiger partial charge on any atom is -0.00367 e. The molecule has 0 saturated carbocycles. The van der Waals surface area contributed by atoms with E-state index in [1.165, 1.54) is 11.1 Å². The van der Waals surface area contributed by atoms with Crippen LogP contribution in [0.4, 0.5) is 0 Å². The molecule has 0 aliphatic heterocycles. The molecule has 0 fully saturated rings. The first kappa shape index (κ1) is 9.01. The molecule has 1 nitrogen and oxygen atoms in total. The average molecular weight is 161 g/mol. The first-order valence-corrected chi connectivity index (χ1v) is 4.28. The minimum absolute atomic E-state index is 0.725. The van der Waals surface area contributed by atoms with Crippen LogP contribution in [0.25, 0.3) is 6.08 Å². The van der Waals surface area contributed by atoms with Crippen LogP contribution >= 0.6 is 0 Å². The average Bonchev–Trinajstić information content (AvgIpc) is 2.09. The molecule has 2 N–H and O–H groups in total. The highest BCUT2D eigenvalue weighted by atomic mass is 14.5. The first-order chi connectivity index (χ1) is 5.86. The van der Waals surface area contributed by atoms with Gasteiger partial charge in [0.25, 0.3) is 0 Å². The van der Waals surface area contributed by atoms with Crippen LogP contribution in [0.1, 0.15) is 18.1 Å². The van der Waals surface area contributed by atoms with Crippen molar-refractivity contribution in [2.24, 2.45) is 5.73 Å². The molecular formula is C11H15N. The number of allylic oxidation sites excluding steroid dienone is 1. The molecule has 0 bridgehead atoms. The zero-order chi connectivity index (χ0) is 8.81. The summed E-state index contributed by atoms with van der Waals surface area (Å²) in [6.07, 6.45) is 5.10. The van der Waals surface area contributed by atoms with E-state index in [-0.39, 0.29) is 0 Å². The van der Waals surface area contributed by atoms with E-state index in [0.29, 0.717) is 0 Å². The van der Waals surface area contributed by atoms with Crippen molar-refractivity contribution in [2.45, 2.75) is 13.3 Å². The highest BCUT2D eigenvalue weighted by Crippen LogP contribution is 2.05. The van der Waals surface area contributed by atoms with Crippen LogP contribution in [-0.2, 0) is 6.42 Å². The van der Waals surface area contributed by atoms with E-state index >= 15 is 0 Å². The molecule has 1 heteroatoms. The molecule has 0 atom stereocenters.